The molecule has 0 aliphatic rings. The molecule has 0 aliphatic carbocycles. The minimum atomic E-state index is 0.363. The quantitative estimate of drug-likeness (QED) is 0.856. The van der Waals surface area contributed by atoms with Gasteiger partial charge in [-0.15, -0.1) is 0 Å². The summed E-state index contributed by atoms with van der Waals surface area (Å²) in [5.41, 5.74) is 8.37. The highest BCUT2D eigenvalue weighted by Crippen LogP contribution is 2.28. The Bertz CT molecular complexity index is 478. The van der Waals surface area contributed by atoms with Gasteiger partial charge in [-0.1, -0.05) is 42.5 Å². The third kappa shape index (κ3) is 3.58. The molecule has 0 heterocycles. The van der Waals surface area contributed by atoms with Gasteiger partial charge >= 0.3 is 0 Å². The smallest absolute Gasteiger partial charge is 0.119 e. The van der Waals surface area contributed by atoms with Gasteiger partial charge in [-0.25, -0.2) is 0 Å². The van der Waals surface area contributed by atoms with E-state index in [4.69, 9.17) is 10.5 Å². The van der Waals surface area contributed by atoms with Crippen molar-refractivity contribution in [2.24, 2.45) is 5.73 Å². The van der Waals surface area contributed by atoms with E-state index in [2.05, 4.69) is 36.4 Å². The predicted octanol–water partition coefficient (Wildman–Crippen LogP) is 3.57. The zero-order valence-corrected chi connectivity index (χ0v) is 11.4. The summed E-state index contributed by atoms with van der Waals surface area (Å²) < 4.78 is 5.48. The van der Waals surface area contributed by atoms with E-state index >= 15 is 0 Å². The lowest BCUT2D eigenvalue weighted by Gasteiger charge is -2.17. The lowest BCUT2D eigenvalue weighted by atomic mass is 9.88. The van der Waals surface area contributed by atoms with Crippen molar-refractivity contribution in [3.8, 4) is 5.75 Å². The van der Waals surface area contributed by atoms with Gasteiger partial charge in [0.15, 0.2) is 0 Å². The van der Waals surface area contributed by atoms with Crippen molar-refractivity contribution in [3.63, 3.8) is 0 Å². The monoisotopic (exact) mass is 255 g/mol. The Labute approximate surface area is 115 Å². The molecule has 0 saturated heterocycles. The van der Waals surface area contributed by atoms with E-state index in [0.717, 1.165) is 12.2 Å². The van der Waals surface area contributed by atoms with E-state index in [1.54, 1.807) is 0 Å². The molecule has 0 aliphatic heterocycles. The highest BCUT2D eigenvalue weighted by Gasteiger charge is 2.12. The number of hydrogen-bond acceptors (Lipinski definition) is 2. The Morgan fingerprint density at radius 3 is 2.16 bits per heavy atom. The van der Waals surface area contributed by atoms with Crippen LogP contribution in [0.1, 0.15) is 30.4 Å². The molecular weight excluding hydrogens is 234 g/mol. The molecule has 0 aromatic heterocycles. The van der Waals surface area contributed by atoms with Crippen molar-refractivity contribution in [3.05, 3.63) is 65.7 Å². The summed E-state index contributed by atoms with van der Waals surface area (Å²) in [6.45, 7) is 3.38. The molecular formula is C17H21NO. The molecule has 2 nitrogen and oxygen atoms in total. The van der Waals surface area contributed by atoms with Crippen LogP contribution in [0.4, 0.5) is 0 Å². The van der Waals surface area contributed by atoms with Crippen LogP contribution in [0, 0.1) is 0 Å². The SMILES string of the molecule is CCOc1ccc(C(CCN)c2ccccc2)cc1. The molecule has 0 fully saturated rings. The number of benzene rings is 2. The first-order chi connectivity index (χ1) is 9.35. The molecule has 0 amide bonds. The Kier molecular flexibility index (Phi) is 4.99. The maximum absolute atomic E-state index is 5.76. The predicted molar refractivity (Wildman–Crippen MR) is 79.6 cm³/mol. The first-order valence-electron chi connectivity index (χ1n) is 6.83. The first kappa shape index (κ1) is 13.6. The van der Waals surface area contributed by atoms with Crippen LogP contribution < -0.4 is 10.5 Å². The third-order valence-electron chi connectivity index (χ3n) is 3.25. The van der Waals surface area contributed by atoms with Crippen molar-refractivity contribution >= 4 is 0 Å². The molecule has 0 saturated carbocycles. The first-order valence-corrected chi connectivity index (χ1v) is 6.83. The highest BCUT2D eigenvalue weighted by molar-refractivity contribution is 5.36. The normalized spacial score (nSPS) is 12.1. The maximum atomic E-state index is 5.76. The Hall–Kier alpha value is -1.80. The van der Waals surface area contributed by atoms with Crippen LogP contribution in [-0.2, 0) is 0 Å². The van der Waals surface area contributed by atoms with E-state index < -0.39 is 0 Å². The van der Waals surface area contributed by atoms with Gasteiger partial charge in [0.1, 0.15) is 5.75 Å². The molecule has 0 radical (unpaired) electrons. The fourth-order valence-corrected chi connectivity index (χ4v) is 2.34. The summed E-state index contributed by atoms with van der Waals surface area (Å²) in [5.74, 6) is 1.28. The lowest BCUT2D eigenvalue weighted by molar-refractivity contribution is 0.340. The van der Waals surface area contributed by atoms with E-state index in [1.807, 2.05) is 25.1 Å². The third-order valence-corrected chi connectivity index (χ3v) is 3.25. The average Bonchev–Trinajstić information content (AvgIpc) is 2.47. The van der Waals surface area contributed by atoms with Crippen molar-refractivity contribution in [2.75, 3.05) is 13.2 Å². The molecule has 2 N–H and O–H groups in total. The topological polar surface area (TPSA) is 35.2 Å². The minimum Gasteiger partial charge on any atom is -0.494 e. The number of ether oxygens (including phenoxy) is 1. The largest absolute Gasteiger partial charge is 0.494 e. The van der Waals surface area contributed by atoms with Gasteiger partial charge in [-0.05, 0) is 43.1 Å². The van der Waals surface area contributed by atoms with Crippen molar-refractivity contribution < 1.29 is 4.74 Å². The van der Waals surface area contributed by atoms with E-state index in [-0.39, 0.29) is 0 Å². The van der Waals surface area contributed by atoms with Crippen LogP contribution in [0.5, 0.6) is 5.75 Å². The van der Waals surface area contributed by atoms with Gasteiger partial charge in [-0.2, -0.15) is 0 Å². The van der Waals surface area contributed by atoms with Gasteiger partial charge < -0.3 is 10.5 Å². The molecule has 2 rings (SSSR count). The average molecular weight is 255 g/mol. The van der Waals surface area contributed by atoms with Gasteiger partial charge in [-0.3, -0.25) is 0 Å². The highest BCUT2D eigenvalue weighted by atomic mass is 16.5. The fourth-order valence-electron chi connectivity index (χ4n) is 2.34. The zero-order chi connectivity index (χ0) is 13.5. The fraction of sp³-hybridized carbons (Fsp3) is 0.294. The van der Waals surface area contributed by atoms with Crippen LogP contribution in [0.25, 0.3) is 0 Å². The van der Waals surface area contributed by atoms with Gasteiger partial charge in [0.2, 0.25) is 0 Å². The van der Waals surface area contributed by atoms with Gasteiger partial charge in [0, 0.05) is 5.92 Å². The summed E-state index contributed by atoms with van der Waals surface area (Å²) in [7, 11) is 0. The van der Waals surface area contributed by atoms with Crippen LogP contribution in [-0.4, -0.2) is 13.2 Å². The van der Waals surface area contributed by atoms with Crippen molar-refractivity contribution in [1.82, 2.24) is 0 Å². The molecule has 2 aromatic rings. The van der Waals surface area contributed by atoms with Crippen LogP contribution in [0.15, 0.2) is 54.6 Å². The van der Waals surface area contributed by atoms with Crippen LogP contribution in [0.2, 0.25) is 0 Å². The van der Waals surface area contributed by atoms with Crippen molar-refractivity contribution in [1.29, 1.82) is 0 Å². The number of rotatable bonds is 6. The molecule has 2 aromatic carbocycles. The summed E-state index contributed by atoms with van der Waals surface area (Å²) in [6, 6.07) is 18.9. The number of hydrogen-bond donors (Lipinski definition) is 1. The molecule has 0 bridgehead atoms. The summed E-state index contributed by atoms with van der Waals surface area (Å²) >= 11 is 0. The molecule has 1 unspecified atom stereocenters. The van der Waals surface area contributed by atoms with Gasteiger partial charge in [0.05, 0.1) is 6.61 Å². The second-order valence-electron chi connectivity index (χ2n) is 4.54. The Morgan fingerprint density at radius 1 is 0.947 bits per heavy atom. The molecule has 19 heavy (non-hydrogen) atoms. The van der Waals surface area contributed by atoms with E-state index in [0.29, 0.717) is 19.1 Å². The van der Waals surface area contributed by atoms with E-state index in [1.165, 1.54) is 11.1 Å². The van der Waals surface area contributed by atoms with E-state index in [9.17, 15) is 0 Å². The summed E-state index contributed by atoms with van der Waals surface area (Å²) in [5, 5.41) is 0. The molecule has 0 spiro atoms. The molecule has 2 heteroatoms. The Morgan fingerprint density at radius 2 is 1.58 bits per heavy atom. The molecule has 1 atom stereocenters. The van der Waals surface area contributed by atoms with Crippen LogP contribution in [0.3, 0.4) is 0 Å². The molecule has 100 valence electrons. The lowest BCUT2D eigenvalue weighted by Crippen LogP contribution is -2.08. The number of nitrogens with two attached hydrogens (primary N) is 1. The standard InChI is InChI=1S/C17H21NO/c1-2-19-16-10-8-15(9-11-16)17(12-13-18)14-6-4-3-5-7-14/h3-11,17H,2,12-13,18H2,1H3. The second-order valence-corrected chi connectivity index (χ2v) is 4.54. The van der Waals surface area contributed by atoms with Crippen LogP contribution >= 0.6 is 0 Å². The summed E-state index contributed by atoms with van der Waals surface area (Å²) in [4.78, 5) is 0. The van der Waals surface area contributed by atoms with Gasteiger partial charge in [0.25, 0.3) is 0 Å². The Balaban J connectivity index is 2.24. The van der Waals surface area contributed by atoms with Crippen molar-refractivity contribution in [2.45, 2.75) is 19.3 Å². The minimum absolute atomic E-state index is 0.363. The second kappa shape index (κ2) is 6.95. The zero-order valence-electron chi connectivity index (χ0n) is 11.4. The maximum Gasteiger partial charge on any atom is 0.119 e. The summed E-state index contributed by atoms with van der Waals surface area (Å²) in [6.07, 6.45) is 0.956.